The molecule has 5 heteroatoms. The number of aryl methyl sites for hydroxylation is 1. The lowest BCUT2D eigenvalue weighted by Crippen LogP contribution is -2.02. The minimum atomic E-state index is 0.626. The SMILES string of the molecule is Cc1ccccc1-c1cccc(-n2c3ccccc3c3c(C#N)c4c5ccccc5n(-c5ccccc5)c4nc32)n1. The van der Waals surface area contributed by atoms with Gasteiger partial charge in [-0.2, -0.15) is 5.26 Å². The van der Waals surface area contributed by atoms with Crippen molar-refractivity contribution in [2.24, 2.45) is 0 Å². The monoisotopic (exact) mass is 525 g/mol. The van der Waals surface area contributed by atoms with E-state index in [1.807, 2.05) is 72.8 Å². The molecule has 0 unspecified atom stereocenters. The number of fused-ring (bicyclic) bond motifs is 6. The van der Waals surface area contributed by atoms with Crippen LogP contribution in [0.4, 0.5) is 0 Å². The normalized spacial score (nSPS) is 11.5. The largest absolute Gasteiger partial charge is 0.294 e. The van der Waals surface area contributed by atoms with Gasteiger partial charge in [-0.05, 0) is 48.9 Å². The molecule has 0 saturated carbocycles. The van der Waals surface area contributed by atoms with Gasteiger partial charge in [0.1, 0.15) is 17.5 Å². The van der Waals surface area contributed by atoms with Crippen LogP contribution in [0.3, 0.4) is 0 Å². The minimum Gasteiger partial charge on any atom is -0.294 e. The average molecular weight is 526 g/mol. The van der Waals surface area contributed by atoms with Crippen LogP contribution >= 0.6 is 0 Å². The molecular weight excluding hydrogens is 502 g/mol. The van der Waals surface area contributed by atoms with Gasteiger partial charge in [0, 0.05) is 32.8 Å². The van der Waals surface area contributed by atoms with Gasteiger partial charge in [-0.15, -0.1) is 0 Å². The van der Waals surface area contributed by atoms with E-state index < -0.39 is 0 Å². The number of nitriles is 1. The summed E-state index contributed by atoms with van der Waals surface area (Å²) in [6.45, 7) is 2.10. The minimum absolute atomic E-state index is 0.626. The van der Waals surface area contributed by atoms with Gasteiger partial charge in [-0.3, -0.25) is 9.13 Å². The highest BCUT2D eigenvalue weighted by molar-refractivity contribution is 6.20. The molecule has 0 N–H and O–H groups in total. The molecular formula is C36H23N5. The lowest BCUT2D eigenvalue weighted by atomic mass is 10.0. The summed E-state index contributed by atoms with van der Waals surface area (Å²) in [7, 11) is 0. The van der Waals surface area contributed by atoms with Crippen molar-refractivity contribution in [2.75, 3.05) is 0 Å². The Hall–Kier alpha value is -5.73. The second-order valence-electron chi connectivity index (χ2n) is 10.2. The van der Waals surface area contributed by atoms with E-state index in [2.05, 4.69) is 70.7 Å². The first kappa shape index (κ1) is 23.2. The van der Waals surface area contributed by atoms with Crippen molar-refractivity contribution in [1.82, 2.24) is 19.1 Å². The maximum absolute atomic E-state index is 10.7. The van der Waals surface area contributed by atoms with E-state index in [1.54, 1.807) is 0 Å². The smallest absolute Gasteiger partial charge is 0.150 e. The maximum atomic E-state index is 10.7. The zero-order chi connectivity index (χ0) is 27.5. The molecule has 8 rings (SSSR count). The Morgan fingerprint density at radius 1 is 0.585 bits per heavy atom. The molecule has 41 heavy (non-hydrogen) atoms. The zero-order valence-corrected chi connectivity index (χ0v) is 22.3. The average Bonchev–Trinajstić information content (AvgIpc) is 3.53. The number of pyridine rings is 2. The van der Waals surface area contributed by atoms with Crippen LogP contribution in [0.2, 0.25) is 0 Å². The molecule has 0 radical (unpaired) electrons. The molecule has 0 aliphatic heterocycles. The number of nitrogens with zero attached hydrogens (tertiary/aromatic N) is 5. The molecule has 192 valence electrons. The molecule has 4 heterocycles. The number of para-hydroxylation sites is 3. The van der Waals surface area contributed by atoms with Crippen LogP contribution < -0.4 is 0 Å². The van der Waals surface area contributed by atoms with Gasteiger partial charge in [-0.1, -0.05) is 84.9 Å². The summed E-state index contributed by atoms with van der Waals surface area (Å²) in [5.74, 6) is 0.759. The Kier molecular flexibility index (Phi) is 5.03. The van der Waals surface area contributed by atoms with E-state index in [4.69, 9.17) is 9.97 Å². The first-order valence-electron chi connectivity index (χ1n) is 13.6. The van der Waals surface area contributed by atoms with Gasteiger partial charge in [-0.25, -0.2) is 9.97 Å². The molecule has 0 spiro atoms. The third-order valence-electron chi connectivity index (χ3n) is 7.92. The number of aromatic nitrogens is 4. The second-order valence-corrected chi connectivity index (χ2v) is 10.2. The molecule has 0 atom stereocenters. The molecule has 4 aromatic heterocycles. The number of hydrogen-bond acceptors (Lipinski definition) is 3. The lowest BCUT2D eigenvalue weighted by Gasteiger charge is -2.11. The zero-order valence-electron chi connectivity index (χ0n) is 22.3. The van der Waals surface area contributed by atoms with Crippen LogP contribution in [0.15, 0.2) is 121 Å². The van der Waals surface area contributed by atoms with E-state index in [0.717, 1.165) is 61.0 Å². The molecule has 0 fully saturated rings. The molecule has 0 aliphatic rings. The fourth-order valence-electron chi connectivity index (χ4n) is 6.12. The lowest BCUT2D eigenvalue weighted by molar-refractivity contribution is 1.05. The predicted molar refractivity (Wildman–Crippen MR) is 166 cm³/mol. The third-order valence-corrected chi connectivity index (χ3v) is 7.92. The third kappa shape index (κ3) is 3.35. The molecule has 8 aromatic rings. The Morgan fingerprint density at radius 2 is 1.20 bits per heavy atom. The highest BCUT2D eigenvalue weighted by Crippen LogP contribution is 2.40. The summed E-state index contributed by atoms with van der Waals surface area (Å²) in [6.07, 6.45) is 0. The van der Waals surface area contributed by atoms with Crippen molar-refractivity contribution in [2.45, 2.75) is 6.92 Å². The van der Waals surface area contributed by atoms with Gasteiger partial charge in [0.2, 0.25) is 0 Å². The van der Waals surface area contributed by atoms with Crippen molar-refractivity contribution < 1.29 is 0 Å². The van der Waals surface area contributed by atoms with E-state index in [1.165, 1.54) is 5.56 Å². The van der Waals surface area contributed by atoms with Gasteiger partial charge in [0.05, 0.1) is 22.3 Å². The summed E-state index contributed by atoms with van der Waals surface area (Å²) in [6, 6.07) is 43.6. The molecule has 0 aliphatic carbocycles. The molecule has 0 saturated heterocycles. The first-order valence-corrected chi connectivity index (χ1v) is 13.6. The van der Waals surface area contributed by atoms with Crippen molar-refractivity contribution in [3.8, 4) is 28.8 Å². The summed E-state index contributed by atoms with van der Waals surface area (Å²) in [5, 5.41) is 14.4. The number of hydrogen-bond donors (Lipinski definition) is 0. The van der Waals surface area contributed by atoms with Crippen LogP contribution in [-0.4, -0.2) is 19.1 Å². The number of rotatable bonds is 3. The van der Waals surface area contributed by atoms with Crippen molar-refractivity contribution >= 4 is 43.9 Å². The quantitative estimate of drug-likeness (QED) is 0.232. The van der Waals surface area contributed by atoms with Gasteiger partial charge >= 0.3 is 0 Å². The molecule has 4 aromatic carbocycles. The Morgan fingerprint density at radius 3 is 1.90 bits per heavy atom. The van der Waals surface area contributed by atoms with Crippen LogP contribution in [-0.2, 0) is 0 Å². The van der Waals surface area contributed by atoms with Crippen molar-refractivity contribution in [1.29, 1.82) is 5.26 Å². The van der Waals surface area contributed by atoms with Crippen LogP contribution in [0.1, 0.15) is 11.1 Å². The van der Waals surface area contributed by atoms with Crippen molar-refractivity contribution in [3.05, 3.63) is 132 Å². The summed E-state index contributed by atoms with van der Waals surface area (Å²) >= 11 is 0. The van der Waals surface area contributed by atoms with Crippen LogP contribution in [0.25, 0.3) is 66.6 Å². The predicted octanol–water partition coefficient (Wildman–Crippen LogP) is 8.52. The van der Waals surface area contributed by atoms with Crippen molar-refractivity contribution in [3.63, 3.8) is 0 Å². The highest BCUT2D eigenvalue weighted by atomic mass is 15.1. The number of benzene rings is 4. The fraction of sp³-hybridized carbons (Fsp3) is 0.0278. The topological polar surface area (TPSA) is 59.4 Å². The molecule has 0 bridgehead atoms. The van der Waals surface area contributed by atoms with Crippen LogP contribution in [0.5, 0.6) is 0 Å². The van der Waals surface area contributed by atoms with Gasteiger partial charge in [0.25, 0.3) is 0 Å². The fourth-order valence-corrected chi connectivity index (χ4v) is 6.12. The highest BCUT2D eigenvalue weighted by Gasteiger charge is 2.24. The summed E-state index contributed by atoms with van der Waals surface area (Å²) < 4.78 is 4.25. The Labute approximate surface area is 236 Å². The summed E-state index contributed by atoms with van der Waals surface area (Å²) in [4.78, 5) is 10.5. The Bertz CT molecular complexity index is 2330. The standard InChI is InChI=1S/C36H23N5/c1-23-12-5-6-15-25(23)29-18-11-21-32(38-29)41-31-20-10-8-17-27(31)34-28(22-37)33-26-16-7-9-19-30(26)40(35(33)39-36(34)41)24-13-3-2-4-14-24/h2-21H,1H3. The maximum Gasteiger partial charge on any atom is 0.150 e. The molecule has 5 nitrogen and oxygen atoms in total. The van der Waals surface area contributed by atoms with Crippen LogP contribution in [0, 0.1) is 18.3 Å². The Balaban J connectivity index is 1.55. The van der Waals surface area contributed by atoms with E-state index in [9.17, 15) is 5.26 Å². The van der Waals surface area contributed by atoms with E-state index in [-0.39, 0.29) is 0 Å². The second kappa shape index (κ2) is 8.90. The van der Waals surface area contributed by atoms with E-state index in [0.29, 0.717) is 11.2 Å². The van der Waals surface area contributed by atoms with Gasteiger partial charge in [0.15, 0.2) is 5.65 Å². The summed E-state index contributed by atoms with van der Waals surface area (Å²) in [5.41, 5.74) is 8.21. The molecule has 0 amide bonds. The first-order chi connectivity index (χ1) is 20.2. The van der Waals surface area contributed by atoms with Gasteiger partial charge < -0.3 is 0 Å². The van der Waals surface area contributed by atoms with E-state index >= 15 is 0 Å².